The molecule has 2 aromatic rings. The molecule has 4 heteroatoms. The van der Waals surface area contributed by atoms with Gasteiger partial charge in [0.15, 0.2) is 0 Å². The van der Waals surface area contributed by atoms with Gasteiger partial charge in [0, 0.05) is 34.2 Å². The molecule has 1 N–H and O–H groups in total. The zero-order valence-corrected chi connectivity index (χ0v) is 13.6. The van der Waals surface area contributed by atoms with Crippen LogP contribution < -0.4 is 0 Å². The predicted octanol–water partition coefficient (Wildman–Crippen LogP) is 3.73. The normalized spacial score (nSPS) is 13.5. The molecule has 1 unspecified atom stereocenters. The summed E-state index contributed by atoms with van der Waals surface area (Å²) in [6.07, 6.45) is 0.00819. The van der Waals surface area contributed by atoms with Gasteiger partial charge in [-0.15, -0.1) is 11.3 Å². The third-order valence-electron chi connectivity index (χ3n) is 3.31. The second-order valence-electron chi connectivity index (χ2n) is 6.22. The molecule has 0 aliphatic carbocycles. The number of hydrogen-bond acceptors (Lipinski definition) is 4. The molecule has 0 radical (unpaired) electrons. The highest BCUT2D eigenvalue weighted by molar-refractivity contribution is 7.09. The maximum absolute atomic E-state index is 10.4. The number of hydrogen-bond donors (Lipinski definition) is 1. The van der Waals surface area contributed by atoms with Gasteiger partial charge in [-0.2, -0.15) is 0 Å². The molecule has 0 spiro atoms. The lowest BCUT2D eigenvalue weighted by Gasteiger charge is -2.15. The van der Waals surface area contributed by atoms with Gasteiger partial charge in [0.25, 0.3) is 0 Å². The van der Waals surface area contributed by atoms with E-state index >= 15 is 0 Å². The van der Waals surface area contributed by atoms with Crippen LogP contribution in [-0.2, 0) is 11.8 Å². The third kappa shape index (κ3) is 3.44. The van der Waals surface area contributed by atoms with Crippen LogP contribution in [0.3, 0.4) is 0 Å². The van der Waals surface area contributed by atoms with Gasteiger partial charge < -0.3 is 5.11 Å². The van der Waals surface area contributed by atoms with Crippen molar-refractivity contribution in [3.63, 3.8) is 0 Å². The van der Waals surface area contributed by atoms with Crippen LogP contribution in [0.25, 0.3) is 0 Å². The second-order valence-corrected chi connectivity index (χ2v) is 7.17. The summed E-state index contributed by atoms with van der Waals surface area (Å²) in [6.45, 7) is 10.3. The van der Waals surface area contributed by atoms with Crippen molar-refractivity contribution >= 4 is 11.3 Å². The van der Waals surface area contributed by atoms with Crippen molar-refractivity contribution in [3.05, 3.63) is 45.2 Å². The lowest BCUT2D eigenvalue weighted by molar-refractivity contribution is 0.177. The molecular weight excluding hydrogens is 268 g/mol. The Labute approximate surface area is 124 Å². The molecule has 0 bridgehead atoms. The van der Waals surface area contributed by atoms with Crippen LogP contribution in [0.15, 0.2) is 17.5 Å². The standard InChI is InChI=1S/C16H22N2OS/c1-10-6-7-12(11(2)17-10)13(19)8-15-18-14(9-20-15)16(3,4)5/h6-7,9,13,19H,8H2,1-5H3. The molecule has 0 amide bonds. The van der Waals surface area contributed by atoms with E-state index in [1.54, 1.807) is 11.3 Å². The fourth-order valence-electron chi connectivity index (χ4n) is 2.07. The minimum atomic E-state index is -0.540. The first-order valence-corrected chi connectivity index (χ1v) is 7.72. The number of aliphatic hydroxyl groups is 1. The zero-order valence-electron chi connectivity index (χ0n) is 12.8. The Morgan fingerprint density at radius 1 is 1.20 bits per heavy atom. The predicted molar refractivity (Wildman–Crippen MR) is 83.2 cm³/mol. The molecule has 0 saturated carbocycles. The van der Waals surface area contributed by atoms with Crippen molar-refractivity contribution < 1.29 is 5.11 Å². The minimum absolute atomic E-state index is 0.0566. The Balaban J connectivity index is 2.15. The first kappa shape index (κ1) is 15.1. The molecule has 108 valence electrons. The molecule has 1 atom stereocenters. The summed E-state index contributed by atoms with van der Waals surface area (Å²) in [4.78, 5) is 9.04. The van der Waals surface area contributed by atoms with Gasteiger partial charge >= 0.3 is 0 Å². The second kappa shape index (κ2) is 5.62. The van der Waals surface area contributed by atoms with Gasteiger partial charge in [-0.3, -0.25) is 4.98 Å². The number of nitrogens with zero attached hydrogens (tertiary/aromatic N) is 2. The highest BCUT2D eigenvalue weighted by atomic mass is 32.1. The number of pyridine rings is 1. The van der Waals surface area contributed by atoms with Crippen LogP contribution >= 0.6 is 11.3 Å². The maximum atomic E-state index is 10.4. The first-order chi connectivity index (χ1) is 9.27. The summed E-state index contributed by atoms with van der Waals surface area (Å²) in [5.41, 5.74) is 3.90. The van der Waals surface area contributed by atoms with E-state index in [-0.39, 0.29) is 5.41 Å². The Morgan fingerprint density at radius 3 is 2.45 bits per heavy atom. The van der Waals surface area contributed by atoms with Crippen LogP contribution in [0.1, 0.15) is 54.5 Å². The molecule has 0 aliphatic heterocycles. The molecule has 3 nitrogen and oxygen atoms in total. The molecule has 2 rings (SSSR count). The number of aromatic nitrogens is 2. The number of aryl methyl sites for hydroxylation is 2. The maximum Gasteiger partial charge on any atom is 0.0957 e. The van der Waals surface area contributed by atoms with E-state index in [0.717, 1.165) is 27.7 Å². The molecule has 0 aromatic carbocycles. The molecule has 0 saturated heterocycles. The van der Waals surface area contributed by atoms with Crippen molar-refractivity contribution in [1.29, 1.82) is 0 Å². The van der Waals surface area contributed by atoms with Gasteiger partial charge in [0.1, 0.15) is 0 Å². The summed E-state index contributed by atoms with van der Waals surface area (Å²) in [5.74, 6) is 0. The summed E-state index contributed by atoms with van der Waals surface area (Å²) in [5, 5.41) is 13.4. The van der Waals surface area contributed by atoms with E-state index in [2.05, 4.69) is 36.1 Å². The highest BCUT2D eigenvalue weighted by Crippen LogP contribution is 2.27. The largest absolute Gasteiger partial charge is 0.388 e. The van der Waals surface area contributed by atoms with Gasteiger partial charge in [-0.1, -0.05) is 26.8 Å². The topological polar surface area (TPSA) is 46.0 Å². The summed E-state index contributed by atoms with van der Waals surface area (Å²) >= 11 is 1.62. The number of thiazole rings is 1. The van der Waals surface area contributed by atoms with Gasteiger partial charge in [0.2, 0.25) is 0 Å². The summed E-state index contributed by atoms with van der Waals surface area (Å²) in [7, 11) is 0. The van der Waals surface area contributed by atoms with Crippen LogP contribution in [0, 0.1) is 13.8 Å². The molecule has 20 heavy (non-hydrogen) atoms. The Kier molecular flexibility index (Phi) is 4.25. The summed E-state index contributed by atoms with van der Waals surface area (Å²) in [6, 6.07) is 3.90. The van der Waals surface area contributed by atoms with Crippen LogP contribution in [0.5, 0.6) is 0 Å². The van der Waals surface area contributed by atoms with E-state index < -0.39 is 6.10 Å². The Morgan fingerprint density at radius 2 is 1.90 bits per heavy atom. The van der Waals surface area contributed by atoms with Crippen LogP contribution in [0.4, 0.5) is 0 Å². The van der Waals surface area contributed by atoms with Gasteiger partial charge in [-0.05, 0) is 19.9 Å². The number of aliphatic hydroxyl groups excluding tert-OH is 1. The average Bonchev–Trinajstić information content (AvgIpc) is 2.76. The SMILES string of the molecule is Cc1ccc(C(O)Cc2nc(C(C)(C)C)cs2)c(C)n1. The van der Waals surface area contributed by atoms with Gasteiger partial charge in [0.05, 0.1) is 16.8 Å². The average molecular weight is 290 g/mol. The highest BCUT2D eigenvalue weighted by Gasteiger charge is 2.19. The lowest BCUT2D eigenvalue weighted by Crippen LogP contribution is -2.12. The quantitative estimate of drug-likeness (QED) is 0.937. The van der Waals surface area contributed by atoms with E-state index in [9.17, 15) is 5.11 Å². The fourth-order valence-corrected chi connectivity index (χ4v) is 3.13. The zero-order chi connectivity index (χ0) is 14.9. The minimum Gasteiger partial charge on any atom is -0.388 e. The number of rotatable bonds is 3. The molecule has 2 heterocycles. The molecule has 2 aromatic heterocycles. The van der Waals surface area contributed by atoms with E-state index in [4.69, 9.17) is 0 Å². The molecule has 0 fully saturated rings. The first-order valence-electron chi connectivity index (χ1n) is 6.84. The Hall–Kier alpha value is -1.26. The van der Waals surface area contributed by atoms with Crippen molar-refractivity contribution in [2.24, 2.45) is 0 Å². The fraction of sp³-hybridized carbons (Fsp3) is 0.500. The lowest BCUT2D eigenvalue weighted by atomic mass is 9.93. The van der Waals surface area contributed by atoms with Gasteiger partial charge in [-0.25, -0.2) is 4.98 Å². The third-order valence-corrected chi connectivity index (χ3v) is 4.18. The van der Waals surface area contributed by atoms with Crippen LogP contribution in [0.2, 0.25) is 0 Å². The van der Waals surface area contributed by atoms with E-state index in [1.807, 2.05) is 26.0 Å². The van der Waals surface area contributed by atoms with Crippen molar-refractivity contribution in [2.45, 2.75) is 52.6 Å². The van der Waals surface area contributed by atoms with Crippen LogP contribution in [-0.4, -0.2) is 15.1 Å². The summed E-state index contributed by atoms with van der Waals surface area (Å²) < 4.78 is 0. The molecular formula is C16H22N2OS. The van der Waals surface area contributed by atoms with E-state index in [1.165, 1.54) is 0 Å². The molecule has 0 aliphatic rings. The van der Waals surface area contributed by atoms with Crippen molar-refractivity contribution in [3.8, 4) is 0 Å². The van der Waals surface area contributed by atoms with Crippen molar-refractivity contribution in [2.75, 3.05) is 0 Å². The Bertz CT molecular complexity index is 599. The van der Waals surface area contributed by atoms with E-state index in [0.29, 0.717) is 6.42 Å². The smallest absolute Gasteiger partial charge is 0.0957 e. The monoisotopic (exact) mass is 290 g/mol. The van der Waals surface area contributed by atoms with Crippen molar-refractivity contribution in [1.82, 2.24) is 9.97 Å².